The molecule has 2 aliphatic rings. The van der Waals surface area contributed by atoms with Gasteiger partial charge >= 0.3 is 0 Å². The molecule has 0 saturated carbocycles. The number of epoxide rings is 1. The summed E-state index contributed by atoms with van der Waals surface area (Å²) < 4.78 is 5.31. The summed E-state index contributed by atoms with van der Waals surface area (Å²) in [6.07, 6.45) is 1.98. The third-order valence-electron chi connectivity index (χ3n) is 4.88. The fourth-order valence-corrected chi connectivity index (χ4v) is 3.65. The van der Waals surface area contributed by atoms with Gasteiger partial charge in [0.25, 0.3) is 0 Å². The van der Waals surface area contributed by atoms with Gasteiger partial charge in [-0.05, 0) is 17.7 Å². The molecular weight excluding hydrogens is 399 g/mol. The molecule has 2 fully saturated rings. The van der Waals surface area contributed by atoms with Crippen LogP contribution < -0.4 is 10.2 Å². The van der Waals surface area contributed by atoms with Crippen LogP contribution in [0.2, 0.25) is 10.0 Å². The number of nitrogens with one attached hydrogen (secondary N) is 1. The highest BCUT2D eigenvalue weighted by Gasteiger charge is 2.28. The number of anilines is 2. The topological polar surface area (TPSA) is 80.6 Å². The van der Waals surface area contributed by atoms with Gasteiger partial charge in [-0.15, -0.1) is 0 Å². The lowest BCUT2D eigenvalue weighted by Gasteiger charge is -2.34. The highest BCUT2D eigenvalue weighted by atomic mass is 35.5. The Morgan fingerprint density at radius 3 is 2.71 bits per heavy atom. The van der Waals surface area contributed by atoms with Crippen molar-refractivity contribution in [3.8, 4) is 6.07 Å². The summed E-state index contributed by atoms with van der Waals surface area (Å²) in [6, 6.07) is 7.48. The van der Waals surface area contributed by atoms with Crippen LogP contribution in [0.25, 0.3) is 0 Å². The molecule has 1 atom stereocenters. The summed E-state index contributed by atoms with van der Waals surface area (Å²) in [4.78, 5) is 13.5. The molecule has 1 aromatic carbocycles. The number of hydrogen-bond acceptors (Lipinski definition) is 7. The molecule has 0 radical (unpaired) electrons. The lowest BCUT2D eigenvalue weighted by Crippen LogP contribution is -2.48. The molecular formula is C19H20Cl2N6O. The molecule has 0 bridgehead atoms. The number of halogens is 2. The Labute approximate surface area is 173 Å². The molecule has 1 N–H and O–H groups in total. The summed E-state index contributed by atoms with van der Waals surface area (Å²) >= 11 is 12.2. The Kier molecular flexibility index (Phi) is 5.83. The van der Waals surface area contributed by atoms with Crippen molar-refractivity contribution in [1.82, 2.24) is 14.9 Å². The van der Waals surface area contributed by atoms with Crippen molar-refractivity contribution in [2.75, 3.05) is 49.5 Å². The molecule has 0 aliphatic carbocycles. The van der Waals surface area contributed by atoms with E-state index in [0.29, 0.717) is 40.0 Å². The van der Waals surface area contributed by atoms with E-state index in [0.717, 1.165) is 44.9 Å². The number of rotatable bonds is 6. The first-order valence-electron chi connectivity index (χ1n) is 9.16. The van der Waals surface area contributed by atoms with Gasteiger partial charge in [-0.3, -0.25) is 4.90 Å². The van der Waals surface area contributed by atoms with Crippen molar-refractivity contribution < 1.29 is 4.74 Å². The summed E-state index contributed by atoms with van der Waals surface area (Å²) in [7, 11) is 0. The molecule has 28 heavy (non-hydrogen) atoms. The van der Waals surface area contributed by atoms with Gasteiger partial charge in [0.2, 0.25) is 5.95 Å². The monoisotopic (exact) mass is 418 g/mol. The molecule has 0 amide bonds. The summed E-state index contributed by atoms with van der Waals surface area (Å²) in [5.41, 5.74) is 1.28. The second kappa shape index (κ2) is 8.50. The van der Waals surface area contributed by atoms with Crippen molar-refractivity contribution in [1.29, 1.82) is 5.26 Å². The van der Waals surface area contributed by atoms with E-state index in [1.54, 1.807) is 18.3 Å². The predicted molar refractivity (Wildman–Crippen MR) is 109 cm³/mol. The van der Waals surface area contributed by atoms with Gasteiger partial charge in [0, 0.05) is 49.3 Å². The summed E-state index contributed by atoms with van der Waals surface area (Å²) in [5, 5.41) is 13.8. The standard InChI is InChI=1S/C19H20Cl2N6O/c20-15-2-1-13(17(21)7-15)9-23-18-14(8-22)10-24-19(25-18)27-5-3-26(4-6-27)11-16-12-28-16/h1-2,7,10,16H,3-6,9,11-12H2,(H,23,24,25). The molecule has 1 unspecified atom stereocenters. The second-order valence-electron chi connectivity index (χ2n) is 6.88. The molecule has 3 heterocycles. The molecule has 2 aliphatic heterocycles. The zero-order valence-corrected chi connectivity index (χ0v) is 16.7. The Morgan fingerprint density at radius 1 is 1.25 bits per heavy atom. The maximum absolute atomic E-state index is 9.39. The minimum Gasteiger partial charge on any atom is -0.372 e. The van der Waals surface area contributed by atoms with Crippen LogP contribution in [0.5, 0.6) is 0 Å². The third kappa shape index (κ3) is 4.65. The van der Waals surface area contributed by atoms with Gasteiger partial charge in [-0.25, -0.2) is 4.98 Å². The van der Waals surface area contributed by atoms with Crippen LogP contribution in [0.4, 0.5) is 11.8 Å². The lowest BCUT2D eigenvalue weighted by atomic mass is 10.2. The minimum absolute atomic E-state index is 0.401. The quantitative estimate of drug-likeness (QED) is 0.722. The van der Waals surface area contributed by atoms with E-state index in [-0.39, 0.29) is 0 Å². The smallest absolute Gasteiger partial charge is 0.227 e. The normalized spacial score (nSPS) is 19.3. The Hall–Kier alpha value is -2.11. The van der Waals surface area contributed by atoms with Gasteiger partial charge in [-0.1, -0.05) is 29.3 Å². The molecule has 4 rings (SSSR count). The van der Waals surface area contributed by atoms with Crippen molar-refractivity contribution in [3.05, 3.63) is 45.6 Å². The predicted octanol–water partition coefficient (Wildman–Crippen LogP) is 2.79. The van der Waals surface area contributed by atoms with E-state index in [4.69, 9.17) is 27.9 Å². The number of aromatic nitrogens is 2. The zero-order chi connectivity index (χ0) is 19.5. The number of ether oxygens (including phenoxy) is 1. The van der Waals surface area contributed by atoms with Crippen molar-refractivity contribution in [2.24, 2.45) is 0 Å². The first kappa shape index (κ1) is 19.2. The fraction of sp³-hybridized carbons (Fsp3) is 0.421. The Morgan fingerprint density at radius 2 is 2.04 bits per heavy atom. The molecule has 2 aromatic rings. The Bertz CT molecular complexity index is 890. The zero-order valence-electron chi connectivity index (χ0n) is 15.2. The maximum Gasteiger partial charge on any atom is 0.227 e. The minimum atomic E-state index is 0.401. The average molecular weight is 419 g/mol. The van der Waals surface area contributed by atoms with Crippen LogP contribution >= 0.6 is 23.2 Å². The summed E-state index contributed by atoms with van der Waals surface area (Å²) in [6.45, 7) is 5.92. The van der Waals surface area contributed by atoms with Crippen LogP contribution in [0.3, 0.4) is 0 Å². The van der Waals surface area contributed by atoms with Crippen LogP contribution in [-0.4, -0.2) is 60.3 Å². The molecule has 1 aromatic heterocycles. The van der Waals surface area contributed by atoms with Crippen molar-refractivity contribution in [3.63, 3.8) is 0 Å². The SMILES string of the molecule is N#Cc1cnc(N2CCN(CC3CO3)CC2)nc1NCc1ccc(Cl)cc1Cl. The van der Waals surface area contributed by atoms with E-state index in [2.05, 4.69) is 31.2 Å². The summed E-state index contributed by atoms with van der Waals surface area (Å²) in [5.74, 6) is 1.14. The number of hydrogen-bond donors (Lipinski definition) is 1. The van der Waals surface area contributed by atoms with Crippen LogP contribution in [-0.2, 0) is 11.3 Å². The van der Waals surface area contributed by atoms with E-state index in [9.17, 15) is 5.26 Å². The maximum atomic E-state index is 9.39. The highest BCUT2D eigenvalue weighted by molar-refractivity contribution is 6.35. The first-order chi connectivity index (χ1) is 13.6. The van der Waals surface area contributed by atoms with E-state index in [1.807, 2.05) is 6.07 Å². The van der Waals surface area contributed by atoms with Crippen LogP contribution in [0.15, 0.2) is 24.4 Å². The van der Waals surface area contributed by atoms with Gasteiger partial charge in [-0.2, -0.15) is 10.2 Å². The molecule has 7 nitrogen and oxygen atoms in total. The van der Waals surface area contributed by atoms with E-state index in [1.165, 1.54) is 0 Å². The largest absolute Gasteiger partial charge is 0.372 e. The molecule has 9 heteroatoms. The lowest BCUT2D eigenvalue weighted by molar-refractivity contribution is 0.229. The number of benzene rings is 1. The van der Waals surface area contributed by atoms with Crippen molar-refractivity contribution in [2.45, 2.75) is 12.6 Å². The van der Waals surface area contributed by atoms with Gasteiger partial charge in [0.1, 0.15) is 17.5 Å². The Balaban J connectivity index is 1.43. The van der Waals surface area contributed by atoms with Crippen LogP contribution in [0, 0.1) is 11.3 Å². The van der Waals surface area contributed by atoms with Gasteiger partial charge in [0.15, 0.2) is 0 Å². The van der Waals surface area contributed by atoms with Crippen molar-refractivity contribution >= 4 is 35.0 Å². The average Bonchev–Trinajstić information content (AvgIpc) is 3.52. The third-order valence-corrected chi connectivity index (χ3v) is 5.46. The first-order valence-corrected chi connectivity index (χ1v) is 9.92. The number of nitrogens with zero attached hydrogens (tertiary/aromatic N) is 5. The van der Waals surface area contributed by atoms with Gasteiger partial charge in [0.05, 0.1) is 18.9 Å². The van der Waals surface area contributed by atoms with E-state index >= 15 is 0 Å². The molecule has 146 valence electrons. The van der Waals surface area contributed by atoms with E-state index < -0.39 is 0 Å². The molecule has 0 spiro atoms. The highest BCUT2D eigenvalue weighted by Crippen LogP contribution is 2.23. The second-order valence-corrected chi connectivity index (χ2v) is 7.72. The van der Waals surface area contributed by atoms with Gasteiger partial charge < -0.3 is 15.0 Å². The fourth-order valence-electron chi connectivity index (χ4n) is 3.18. The number of piperazine rings is 1. The van der Waals surface area contributed by atoms with Crippen LogP contribution in [0.1, 0.15) is 11.1 Å². The molecule has 2 saturated heterocycles. The number of nitriles is 1.